The van der Waals surface area contributed by atoms with Crippen molar-refractivity contribution in [3.63, 3.8) is 0 Å². The highest BCUT2D eigenvalue weighted by atomic mass is 32.2. The van der Waals surface area contributed by atoms with Gasteiger partial charge in [-0.15, -0.1) is 0 Å². The Hall–Kier alpha value is -2.26. The molecule has 1 aliphatic carbocycles. The van der Waals surface area contributed by atoms with Gasteiger partial charge in [-0.25, -0.2) is 8.42 Å². The van der Waals surface area contributed by atoms with E-state index in [1.807, 2.05) is 0 Å². The van der Waals surface area contributed by atoms with Crippen molar-refractivity contribution in [3.8, 4) is 0 Å². The summed E-state index contributed by atoms with van der Waals surface area (Å²) in [6.07, 6.45) is 4.22. The Morgan fingerprint density at radius 1 is 1.03 bits per heavy atom. The van der Waals surface area contributed by atoms with Crippen molar-refractivity contribution in [1.29, 1.82) is 0 Å². The molecule has 0 unspecified atom stereocenters. The van der Waals surface area contributed by atoms with Crippen molar-refractivity contribution < 1.29 is 27.9 Å². The van der Waals surface area contributed by atoms with Crippen LogP contribution in [0.25, 0.3) is 0 Å². The maximum absolute atomic E-state index is 13.3. The molecule has 4 rings (SSSR count). The molecule has 9 heteroatoms. The zero-order valence-electron chi connectivity index (χ0n) is 16.0. The molecule has 3 aliphatic rings. The fourth-order valence-corrected chi connectivity index (χ4v) is 6.71. The average molecular weight is 420 g/mol. The van der Waals surface area contributed by atoms with Gasteiger partial charge in [0, 0.05) is 18.9 Å². The predicted octanol–water partition coefficient (Wildman–Crippen LogP) is 1.74. The van der Waals surface area contributed by atoms with Crippen LogP contribution >= 0.6 is 0 Å². The second-order valence-corrected chi connectivity index (χ2v) is 9.90. The molecule has 2 aliphatic heterocycles. The summed E-state index contributed by atoms with van der Waals surface area (Å²) in [6, 6.07) is 4.73. The first kappa shape index (κ1) is 20.0. The number of carbonyl (C=O) groups excluding carboxylic acids is 2. The van der Waals surface area contributed by atoms with E-state index < -0.39 is 22.0 Å². The van der Waals surface area contributed by atoms with Gasteiger partial charge in [-0.05, 0) is 42.9 Å². The Labute approximate surface area is 169 Å². The summed E-state index contributed by atoms with van der Waals surface area (Å²) < 4.78 is 27.8. The second-order valence-electron chi connectivity index (χ2n) is 8.05. The van der Waals surface area contributed by atoms with Crippen LogP contribution in [0, 0.1) is 5.92 Å². The van der Waals surface area contributed by atoms with E-state index in [-0.39, 0.29) is 48.1 Å². The van der Waals surface area contributed by atoms with Gasteiger partial charge in [0.15, 0.2) is 0 Å². The number of nitrogens with zero attached hydrogens (tertiary/aromatic N) is 2. The van der Waals surface area contributed by atoms with Crippen molar-refractivity contribution in [2.24, 2.45) is 5.92 Å². The summed E-state index contributed by atoms with van der Waals surface area (Å²) in [5.74, 6) is -1.47. The number of hydrogen-bond donors (Lipinski definition) is 1. The number of carbonyl (C=O) groups is 3. The largest absolute Gasteiger partial charge is 0.480 e. The number of carboxylic acid groups (broad SMARTS) is 1. The van der Waals surface area contributed by atoms with E-state index in [0.29, 0.717) is 18.4 Å². The number of amides is 2. The first-order chi connectivity index (χ1) is 13.8. The molecule has 1 N–H and O–H groups in total. The highest BCUT2D eigenvalue weighted by Gasteiger charge is 2.51. The molecule has 0 radical (unpaired) electrons. The zero-order valence-corrected chi connectivity index (χ0v) is 16.8. The summed E-state index contributed by atoms with van der Waals surface area (Å²) in [4.78, 5) is 36.5. The van der Waals surface area contributed by atoms with Gasteiger partial charge in [0.2, 0.25) is 21.8 Å². The Morgan fingerprint density at radius 2 is 1.66 bits per heavy atom. The van der Waals surface area contributed by atoms with Crippen LogP contribution in [0.5, 0.6) is 0 Å². The first-order valence-electron chi connectivity index (χ1n) is 9.97. The maximum atomic E-state index is 13.3. The highest BCUT2D eigenvalue weighted by Crippen LogP contribution is 2.42. The van der Waals surface area contributed by atoms with Crippen molar-refractivity contribution in [2.75, 3.05) is 0 Å². The van der Waals surface area contributed by atoms with Crippen LogP contribution < -0.4 is 0 Å². The lowest BCUT2D eigenvalue weighted by Gasteiger charge is -2.32. The molecule has 1 saturated carbocycles. The number of imide groups is 1. The van der Waals surface area contributed by atoms with E-state index in [1.165, 1.54) is 21.3 Å². The molecule has 1 aromatic rings. The van der Waals surface area contributed by atoms with Gasteiger partial charge in [-0.3, -0.25) is 19.3 Å². The third kappa shape index (κ3) is 3.57. The van der Waals surface area contributed by atoms with Gasteiger partial charge in [-0.2, -0.15) is 4.31 Å². The van der Waals surface area contributed by atoms with Gasteiger partial charge in [-0.1, -0.05) is 25.0 Å². The molecule has 0 spiro atoms. The quantitative estimate of drug-likeness (QED) is 0.726. The summed E-state index contributed by atoms with van der Waals surface area (Å²) in [5.41, 5.74) is 0.652. The summed E-state index contributed by atoms with van der Waals surface area (Å²) in [5, 5.41) is 9.62. The van der Waals surface area contributed by atoms with E-state index in [4.69, 9.17) is 0 Å². The van der Waals surface area contributed by atoms with Gasteiger partial charge < -0.3 is 5.11 Å². The number of aliphatic carboxylic acids is 1. The minimum absolute atomic E-state index is 0.0396. The normalized spacial score (nSPS) is 28.0. The molecule has 29 heavy (non-hydrogen) atoms. The third-order valence-electron chi connectivity index (χ3n) is 6.31. The Balaban J connectivity index is 1.58. The third-order valence-corrected chi connectivity index (χ3v) is 8.26. The van der Waals surface area contributed by atoms with E-state index in [0.717, 1.165) is 19.3 Å². The molecule has 8 nitrogen and oxygen atoms in total. The Kier molecular flexibility index (Phi) is 5.20. The summed E-state index contributed by atoms with van der Waals surface area (Å²) >= 11 is 0. The molecule has 1 aromatic carbocycles. The minimum atomic E-state index is -3.96. The number of likely N-dealkylation sites (tertiary alicyclic amines) is 1. The highest BCUT2D eigenvalue weighted by molar-refractivity contribution is 7.89. The molecule has 3 fully saturated rings. The Bertz CT molecular complexity index is 926. The van der Waals surface area contributed by atoms with Crippen molar-refractivity contribution in [1.82, 2.24) is 9.21 Å². The number of rotatable bonds is 5. The molecule has 2 heterocycles. The lowest BCUT2D eigenvalue weighted by atomic mass is 9.85. The number of hydrogen-bond acceptors (Lipinski definition) is 5. The predicted molar refractivity (Wildman–Crippen MR) is 102 cm³/mol. The van der Waals surface area contributed by atoms with Crippen LogP contribution in [0.1, 0.15) is 50.5 Å². The van der Waals surface area contributed by atoms with Crippen LogP contribution in [0.15, 0.2) is 29.2 Å². The van der Waals surface area contributed by atoms with Crippen molar-refractivity contribution in [2.45, 2.75) is 68.5 Å². The number of benzene rings is 1. The number of sulfonamides is 1. The van der Waals surface area contributed by atoms with Gasteiger partial charge in [0.05, 0.1) is 11.4 Å². The van der Waals surface area contributed by atoms with Gasteiger partial charge >= 0.3 is 5.97 Å². The van der Waals surface area contributed by atoms with E-state index >= 15 is 0 Å². The fraction of sp³-hybridized carbons (Fsp3) is 0.550. The molecule has 0 bridgehead atoms. The molecular formula is C20H24N2O6S. The molecule has 156 valence electrons. The number of carboxylic acids is 1. The molecule has 3 atom stereocenters. The maximum Gasteiger partial charge on any atom is 0.322 e. The van der Waals surface area contributed by atoms with Crippen LogP contribution in [-0.2, 0) is 31.0 Å². The van der Waals surface area contributed by atoms with Gasteiger partial charge in [0.1, 0.15) is 6.04 Å². The molecule has 0 aromatic heterocycles. The zero-order chi connectivity index (χ0) is 20.8. The molecule has 2 saturated heterocycles. The first-order valence-corrected chi connectivity index (χ1v) is 11.4. The lowest BCUT2D eigenvalue weighted by molar-refractivity contribution is -0.141. The van der Waals surface area contributed by atoms with Crippen LogP contribution in [-0.4, -0.2) is 52.6 Å². The average Bonchev–Trinajstić information content (AvgIpc) is 3.24. The summed E-state index contributed by atoms with van der Waals surface area (Å²) in [7, 11) is -3.96. The Morgan fingerprint density at radius 3 is 2.28 bits per heavy atom. The van der Waals surface area contributed by atoms with Crippen LogP contribution in [0.2, 0.25) is 0 Å². The van der Waals surface area contributed by atoms with E-state index in [1.54, 1.807) is 12.1 Å². The fourth-order valence-electron chi connectivity index (χ4n) is 4.85. The van der Waals surface area contributed by atoms with Gasteiger partial charge in [0.25, 0.3) is 0 Å². The van der Waals surface area contributed by atoms with Crippen LogP contribution in [0.3, 0.4) is 0 Å². The second kappa shape index (κ2) is 7.53. The topological polar surface area (TPSA) is 112 Å². The van der Waals surface area contributed by atoms with Crippen LogP contribution in [0.4, 0.5) is 0 Å². The van der Waals surface area contributed by atoms with E-state index in [9.17, 15) is 27.9 Å². The van der Waals surface area contributed by atoms with Crippen molar-refractivity contribution in [3.05, 3.63) is 29.8 Å². The minimum Gasteiger partial charge on any atom is -0.480 e. The lowest BCUT2D eigenvalue weighted by Crippen LogP contribution is -2.46. The summed E-state index contributed by atoms with van der Waals surface area (Å²) in [6.45, 7) is 0.115. The molecular weight excluding hydrogens is 396 g/mol. The standard InChI is InChI=1S/C20H24N2O6S/c23-18-9-10-19(24)21(18)12-13-5-7-15(8-6-13)29(27,28)22-16-4-2-1-3-14(16)11-17(22)20(25)26/h5-8,14,16-17H,1-4,9-12H2,(H,25,26)/t14-,16-,17+/m0/s1. The SMILES string of the molecule is O=C(O)[C@H]1C[C@@H]2CCCC[C@@H]2N1S(=O)(=O)c1ccc(CN2C(=O)CCC2=O)cc1. The van der Waals surface area contributed by atoms with E-state index in [2.05, 4.69) is 0 Å². The number of fused-ring (bicyclic) bond motifs is 1. The smallest absolute Gasteiger partial charge is 0.322 e. The molecule has 2 amide bonds. The van der Waals surface area contributed by atoms with Crippen molar-refractivity contribution >= 4 is 27.8 Å². The monoisotopic (exact) mass is 420 g/mol.